The number of carbonyl (C=O) groups is 1. The number of piperidine rings is 1. The highest BCUT2D eigenvalue weighted by molar-refractivity contribution is 5.94. The summed E-state index contributed by atoms with van der Waals surface area (Å²) in [5.74, 6) is 1.11. The van der Waals surface area contributed by atoms with Crippen LogP contribution in [0.4, 0.5) is 13.2 Å². The minimum absolute atomic E-state index is 0.185. The topological polar surface area (TPSA) is 41.6 Å². The molecule has 3 fully saturated rings. The van der Waals surface area contributed by atoms with Gasteiger partial charge in [-0.1, -0.05) is 18.9 Å². The summed E-state index contributed by atoms with van der Waals surface area (Å²) < 4.78 is 40.7. The van der Waals surface area contributed by atoms with Crippen molar-refractivity contribution in [2.24, 2.45) is 17.8 Å². The molecule has 3 aliphatic rings. The second-order valence-electron chi connectivity index (χ2n) is 7.67. The summed E-state index contributed by atoms with van der Waals surface area (Å²) in [6.07, 6.45) is 0.556. The average molecular weight is 368 g/mol. The molecule has 7 heteroatoms. The molecule has 1 amide bonds. The number of hydrogen-bond acceptors (Lipinski definition) is 3. The first kappa shape index (κ1) is 17.6. The molecule has 0 bridgehead atoms. The fraction of sp³-hybridized carbons (Fsp3) is 0.632. The van der Waals surface area contributed by atoms with Crippen molar-refractivity contribution in [3.63, 3.8) is 0 Å². The molecule has 0 aromatic heterocycles. The molecule has 2 atom stereocenters. The Bertz CT molecular complexity index is 661. The summed E-state index contributed by atoms with van der Waals surface area (Å²) >= 11 is 0. The standard InChI is InChI=1S/C19H23F3N2O2/c20-19(21,22)26-14-7-3-4-12(8-14)18(25)23-9-15-16-10-24(11-17(15)16)13-5-1-2-6-13/h3-4,7-8,13,15-17H,1-2,5-6,9-11H2,(H,23,25). The first-order chi connectivity index (χ1) is 12.4. The van der Waals surface area contributed by atoms with Crippen LogP contribution in [0.25, 0.3) is 0 Å². The van der Waals surface area contributed by atoms with Gasteiger partial charge in [-0.05, 0) is 48.8 Å². The lowest BCUT2D eigenvalue weighted by Crippen LogP contribution is -2.35. The van der Waals surface area contributed by atoms with Crippen molar-refractivity contribution >= 4 is 5.91 Å². The van der Waals surface area contributed by atoms with Crippen molar-refractivity contribution in [1.82, 2.24) is 10.2 Å². The zero-order valence-corrected chi connectivity index (χ0v) is 14.5. The molecule has 1 aromatic rings. The van der Waals surface area contributed by atoms with Crippen molar-refractivity contribution in [2.45, 2.75) is 38.1 Å². The Kier molecular flexibility index (Phi) is 4.59. The van der Waals surface area contributed by atoms with Gasteiger partial charge in [-0.2, -0.15) is 0 Å². The van der Waals surface area contributed by atoms with Crippen molar-refractivity contribution in [2.75, 3.05) is 19.6 Å². The van der Waals surface area contributed by atoms with E-state index in [2.05, 4.69) is 15.0 Å². The third-order valence-electron chi connectivity index (χ3n) is 6.07. The summed E-state index contributed by atoms with van der Waals surface area (Å²) in [6, 6.07) is 5.95. The second kappa shape index (κ2) is 6.76. The van der Waals surface area contributed by atoms with Crippen molar-refractivity contribution < 1.29 is 22.7 Å². The van der Waals surface area contributed by atoms with Gasteiger partial charge in [-0.25, -0.2) is 0 Å². The average Bonchev–Trinajstić information content (AvgIpc) is 3.02. The molecule has 1 heterocycles. The number of hydrogen-bond donors (Lipinski definition) is 1. The molecule has 26 heavy (non-hydrogen) atoms. The summed E-state index contributed by atoms with van der Waals surface area (Å²) in [5, 5.41) is 2.87. The van der Waals surface area contributed by atoms with Crippen molar-refractivity contribution in [1.29, 1.82) is 0 Å². The largest absolute Gasteiger partial charge is 0.573 e. The number of nitrogens with zero attached hydrogens (tertiary/aromatic N) is 1. The van der Waals surface area contributed by atoms with E-state index in [4.69, 9.17) is 0 Å². The van der Waals surface area contributed by atoms with E-state index in [9.17, 15) is 18.0 Å². The number of benzene rings is 1. The predicted octanol–water partition coefficient (Wildman–Crippen LogP) is 3.44. The maximum atomic E-state index is 12.3. The Labute approximate surface area is 150 Å². The van der Waals surface area contributed by atoms with Gasteiger partial charge in [0.1, 0.15) is 5.75 Å². The number of carbonyl (C=O) groups excluding carboxylic acids is 1. The molecular weight excluding hydrogens is 345 g/mol. The van der Waals surface area contributed by atoms with Crippen LogP contribution in [0, 0.1) is 17.8 Å². The van der Waals surface area contributed by atoms with E-state index in [-0.39, 0.29) is 17.2 Å². The van der Waals surface area contributed by atoms with E-state index in [0.717, 1.165) is 25.2 Å². The summed E-state index contributed by atoms with van der Waals surface area (Å²) in [6.45, 7) is 2.85. The molecule has 1 N–H and O–H groups in total. The Hall–Kier alpha value is -1.76. The Morgan fingerprint density at radius 3 is 2.54 bits per heavy atom. The summed E-state index contributed by atoms with van der Waals surface area (Å²) in [7, 11) is 0. The molecule has 1 saturated heterocycles. The van der Waals surface area contributed by atoms with E-state index < -0.39 is 6.36 Å². The van der Waals surface area contributed by atoms with E-state index in [1.165, 1.54) is 43.9 Å². The molecule has 4 rings (SSSR count). The number of rotatable bonds is 5. The number of ether oxygens (including phenoxy) is 1. The first-order valence-electron chi connectivity index (χ1n) is 9.29. The van der Waals surface area contributed by atoms with Gasteiger partial charge >= 0.3 is 6.36 Å². The summed E-state index contributed by atoms with van der Waals surface area (Å²) in [4.78, 5) is 14.8. The summed E-state index contributed by atoms with van der Waals surface area (Å²) in [5.41, 5.74) is 0.185. The van der Waals surface area contributed by atoms with Crippen LogP contribution in [-0.4, -0.2) is 42.8 Å². The van der Waals surface area contributed by atoms with E-state index in [0.29, 0.717) is 24.3 Å². The smallest absolute Gasteiger partial charge is 0.406 e. The van der Waals surface area contributed by atoms with Crippen LogP contribution < -0.4 is 10.1 Å². The van der Waals surface area contributed by atoms with E-state index in [1.807, 2.05) is 0 Å². The number of fused-ring (bicyclic) bond motifs is 1. The fourth-order valence-electron chi connectivity index (χ4n) is 4.70. The maximum Gasteiger partial charge on any atom is 0.573 e. The third kappa shape index (κ3) is 3.82. The molecule has 142 valence electrons. The molecule has 4 nitrogen and oxygen atoms in total. The number of alkyl halides is 3. The maximum absolute atomic E-state index is 12.3. The lowest BCUT2D eigenvalue weighted by molar-refractivity contribution is -0.274. The first-order valence-corrected chi connectivity index (χ1v) is 9.29. The molecule has 2 unspecified atom stereocenters. The van der Waals surface area contributed by atoms with E-state index in [1.54, 1.807) is 0 Å². The van der Waals surface area contributed by atoms with Gasteiger partial charge in [-0.15, -0.1) is 13.2 Å². The molecule has 1 aliphatic heterocycles. The van der Waals surface area contributed by atoms with Gasteiger partial charge < -0.3 is 10.1 Å². The Morgan fingerprint density at radius 2 is 1.88 bits per heavy atom. The highest BCUT2D eigenvalue weighted by Gasteiger charge is 2.56. The van der Waals surface area contributed by atoms with Gasteiger partial charge in [0.2, 0.25) is 0 Å². The van der Waals surface area contributed by atoms with Crippen LogP contribution in [0.3, 0.4) is 0 Å². The van der Waals surface area contributed by atoms with Crippen LogP contribution in [0.1, 0.15) is 36.0 Å². The minimum atomic E-state index is -4.76. The lowest BCUT2D eigenvalue weighted by Gasteiger charge is -2.26. The predicted molar refractivity (Wildman–Crippen MR) is 89.8 cm³/mol. The van der Waals surface area contributed by atoms with Crippen molar-refractivity contribution in [3.8, 4) is 5.75 Å². The minimum Gasteiger partial charge on any atom is -0.406 e. The molecule has 0 radical (unpaired) electrons. The molecule has 0 spiro atoms. The van der Waals surface area contributed by atoms with Crippen molar-refractivity contribution in [3.05, 3.63) is 29.8 Å². The van der Waals surface area contributed by atoms with Crippen LogP contribution >= 0.6 is 0 Å². The third-order valence-corrected chi connectivity index (χ3v) is 6.07. The normalized spacial score (nSPS) is 28.8. The SMILES string of the molecule is O=C(NCC1C2CN(C3CCCC3)CC12)c1cccc(OC(F)(F)F)c1. The van der Waals surface area contributed by atoms with Crippen LogP contribution in [0.2, 0.25) is 0 Å². The van der Waals surface area contributed by atoms with Crippen LogP contribution in [0.5, 0.6) is 5.75 Å². The number of halogens is 3. The van der Waals surface area contributed by atoms with E-state index >= 15 is 0 Å². The van der Waals surface area contributed by atoms with Gasteiger partial charge in [0, 0.05) is 31.2 Å². The van der Waals surface area contributed by atoms with Crippen LogP contribution in [0.15, 0.2) is 24.3 Å². The number of likely N-dealkylation sites (tertiary alicyclic amines) is 1. The molecule has 2 saturated carbocycles. The van der Waals surface area contributed by atoms with Gasteiger partial charge in [0.25, 0.3) is 5.91 Å². The zero-order valence-electron chi connectivity index (χ0n) is 14.5. The highest BCUT2D eigenvalue weighted by atomic mass is 19.4. The monoisotopic (exact) mass is 368 g/mol. The Morgan fingerprint density at radius 1 is 1.19 bits per heavy atom. The fourth-order valence-corrected chi connectivity index (χ4v) is 4.70. The van der Waals surface area contributed by atoms with Gasteiger partial charge in [0.05, 0.1) is 0 Å². The molecule has 2 aliphatic carbocycles. The van der Waals surface area contributed by atoms with Gasteiger partial charge in [0.15, 0.2) is 0 Å². The second-order valence-corrected chi connectivity index (χ2v) is 7.67. The Balaban J connectivity index is 1.25. The zero-order chi connectivity index (χ0) is 18.3. The molecular formula is C19H23F3N2O2. The highest BCUT2D eigenvalue weighted by Crippen LogP contribution is 2.52. The number of nitrogens with one attached hydrogen (secondary N) is 1. The molecule has 1 aromatic carbocycles. The van der Waals surface area contributed by atoms with Crippen LogP contribution in [-0.2, 0) is 0 Å². The van der Waals surface area contributed by atoms with Gasteiger partial charge in [-0.3, -0.25) is 9.69 Å². The quantitative estimate of drug-likeness (QED) is 0.866. The lowest BCUT2D eigenvalue weighted by atomic mass is 10.1. The number of amides is 1.